The van der Waals surface area contributed by atoms with E-state index >= 15 is 0 Å². The zero-order valence-corrected chi connectivity index (χ0v) is 21.3. The number of rotatable bonds is 6. The molecule has 0 spiro atoms. The van der Waals surface area contributed by atoms with Gasteiger partial charge >= 0.3 is 0 Å². The van der Waals surface area contributed by atoms with Crippen LogP contribution in [0.25, 0.3) is 10.9 Å². The molecule has 5 rings (SSSR count). The minimum Gasteiger partial charge on any atom is -0.359 e. The normalized spacial score (nSPS) is 14.9. The van der Waals surface area contributed by atoms with Crippen molar-refractivity contribution < 1.29 is 21.6 Å². The van der Waals surface area contributed by atoms with Crippen molar-refractivity contribution in [2.45, 2.75) is 12.3 Å². The first-order valence-electron chi connectivity index (χ1n) is 11.0. The van der Waals surface area contributed by atoms with Gasteiger partial charge in [0.1, 0.15) is 5.41 Å². The lowest BCUT2D eigenvalue weighted by Gasteiger charge is -2.29. The zero-order chi connectivity index (χ0) is 25.9. The van der Waals surface area contributed by atoms with E-state index in [9.17, 15) is 21.6 Å². The molecule has 0 fully saturated rings. The molecule has 4 aromatic rings. The van der Waals surface area contributed by atoms with Gasteiger partial charge in [-0.15, -0.1) is 0 Å². The number of carbonyl (C=O) groups excluding carboxylic acids is 1. The molecule has 3 aromatic carbocycles. The summed E-state index contributed by atoms with van der Waals surface area (Å²) in [5, 5.41) is 4.05. The molecule has 4 N–H and O–H groups in total. The van der Waals surface area contributed by atoms with E-state index in [-0.39, 0.29) is 5.91 Å². The van der Waals surface area contributed by atoms with Crippen LogP contribution in [0.5, 0.6) is 0 Å². The number of hydrogen-bond acceptors (Lipinski definition) is 5. The molecule has 0 atom stereocenters. The highest BCUT2D eigenvalue weighted by Crippen LogP contribution is 2.50. The lowest BCUT2D eigenvalue weighted by Crippen LogP contribution is -2.37. The maximum Gasteiger partial charge on any atom is 0.244 e. The second-order valence-electron chi connectivity index (χ2n) is 8.99. The highest BCUT2D eigenvalue weighted by atomic mass is 32.2. The number of hydrogen-bond donors (Lipinski definition) is 4. The Morgan fingerprint density at radius 2 is 1.25 bits per heavy atom. The number of carbonyl (C=O) groups is 1. The van der Waals surface area contributed by atoms with Gasteiger partial charge in [-0.05, 0) is 47.9 Å². The topological polar surface area (TPSA) is 137 Å². The average Bonchev–Trinajstić information content (AvgIpc) is 3.30. The standard InChI is InChI=1S/C25H24N4O5S2/c1-15-14-26-22-20(15)12-13-21-23(22)27-24(30)25(21,16-4-8-18(9-5-16)28-35(2,31)32)17-6-10-19(11-7-17)29-36(3,33)34/h4-14,26,28-29H,1-3H3,(H,27,30). The fourth-order valence-electron chi connectivity index (χ4n) is 4.86. The van der Waals surface area contributed by atoms with Gasteiger partial charge < -0.3 is 10.3 Å². The summed E-state index contributed by atoms with van der Waals surface area (Å²) in [5.41, 5.74) is 4.01. The molecule has 0 aliphatic carbocycles. The molecule has 1 amide bonds. The molecular weight excluding hydrogens is 500 g/mol. The molecule has 186 valence electrons. The number of aromatic amines is 1. The van der Waals surface area contributed by atoms with Crippen LogP contribution in [0.1, 0.15) is 22.3 Å². The monoisotopic (exact) mass is 524 g/mol. The molecule has 1 aliphatic rings. The highest BCUT2D eigenvalue weighted by molar-refractivity contribution is 7.92. The number of aromatic nitrogens is 1. The fraction of sp³-hybridized carbons (Fsp3) is 0.160. The summed E-state index contributed by atoms with van der Waals surface area (Å²) in [6.07, 6.45) is 4.02. The average molecular weight is 525 g/mol. The molecule has 0 saturated heterocycles. The number of aryl methyl sites for hydroxylation is 1. The van der Waals surface area contributed by atoms with Crippen LogP contribution in [0.15, 0.2) is 66.9 Å². The number of amides is 1. The van der Waals surface area contributed by atoms with Crippen LogP contribution in [0.4, 0.5) is 17.1 Å². The summed E-state index contributed by atoms with van der Waals surface area (Å²) in [5.74, 6) is -0.273. The van der Waals surface area contributed by atoms with Crippen molar-refractivity contribution in [3.8, 4) is 0 Å². The van der Waals surface area contributed by atoms with E-state index in [2.05, 4.69) is 19.7 Å². The fourth-order valence-corrected chi connectivity index (χ4v) is 5.98. The van der Waals surface area contributed by atoms with Gasteiger partial charge in [-0.2, -0.15) is 0 Å². The molecule has 0 bridgehead atoms. The molecule has 0 saturated carbocycles. The van der Waals surface area contributed by atoms with Gasteiger partial charge in [-0.1, -0.05) is 36.4 Å². The third-order valence-corrected chi connectivity index (χ3v) is 7.50. The molecule has 11 heteroatoms. The number of H-pyrrole nitrogens is 1. The zero-order valence-electron chi connectivity index (χ0n) is 19.7. The molecular formula is C25H24N4O5S2. The molecule has 0 radical (unpaired) electrons. The van der Waals surface area contributed by atoms with Crippen molar-refractivity contribution in [1.82, 2.24) is 4.98 Å². The predicted octanol–water partition coefficient (Wildman–Crippen LogP) is 3.51. The van der Waals surface area contributed by atoms with Crippen LogP contribution in [-0.4, -0.2) is 40.2 Å². The molecule has 2 heterocycles. The van der Waals surface area contributed by atoms with Crippen LogP contribution < -0.4 is 14.8 Å². The van der Waals surface area contributed by atoms with Gasteiger partial charge in [0, 0.05) is 28.5 Å². The Kier molecular flexibility index (Phi) is 5.38. The Labute approximate surface area is 209 Å². The Balaban J connectivity index is 1.73. The van der Waals surface area contributed by atoms with Gasteiger partial charge in [0.25, 0.3) is 0 Å². The Bertz CT molecular complexity index is 1650. The molecule has 1 aliphatic heterocycles. The summed E-state index contributed by atoms with van der Waals surface area (Å²) >= 11 is 0. The van der Waals surface area contributed by atoms with Crippen molar-refractivity contribution in [3.05, 3.63) is 89.1 Å². The largest absolute Gasteiger partial charge is 0.359 e. The first kappa shape index (κ1) is 23.9. The third-order valence-electron chi connectivity index (χ3n) is 6.29. The number of fused-ring (bicyclic) bond motifs is 3. The maximum atomic E-state index is 13.9. The molecule has 36 heavy (non-hydrogen) atoms. The Hall–Kier alpha value is -3.83. The van der Waals surface area contributed by atoms with Gasteiger partial charge in [0.15, 0.2) is 0 Å². The van der Waals surface area contributed by atoms with E-state index in [1.165, 1.54) is 0 Å². The van der Waals surface area contributed by atoms with Crippen molar-refractivity contribution in [3.63, 3.8) is 0 Å². The third kappa shape index (κ3) is 3.99. The number of sulfonamides is 2. The van der Waals surface area contributed by atoms with Gasteiger partial charge in [0.05, 0.1) is 23.7 Å². The van der Waals surface area contributed by atoms with Crippen LogP contribution >= 0.6 is 0 Å². The van der Waals surface area contributed by atoms with E-state index in [4.69, 9.17) is 0 Å². The second kappa shape index (κ2) is 8.10. The second-order valence-corrected chi connectivity index (χ2v) is 12.5. The first-order valence-corrected chi connectivity index (χ1v) is 14.8. The SMILES string of the molecule is Cc1c[nH]c2c3c(ccc12)C(c1ccc(NS(C)(=O)=O)cc1)(c1ccc(NS(C)(=O)=O)cc1)C(=O)N3. The van der Waals surface area contributed by atoms with Crippen molar-refractivity contribution in [2.75, 3.05) is 27.3 Å². The lowest BCUT2D eigenvalue weighted by atomic mass is 9.70. The van der Waals surface area contributed by atoms with E-state index in [1.54, 1.807) is 48.5 Å². The van der Waals surface area contributed by atoms with E-state index in [0.29, 0.717) is 28.2 Å². The highest BCUT2D eigenvalue weighted by Gasteiger charge is 2.50. The van der Waals surface area contributed by atoms with E-state index in [0.717, 1.165) is 34.5 Å². The Morgan fingerprint density at radius 1 is 0.750 bits per heavy atom. The summed E-state index contributed by atoms with van der Waals surface area (Å²) in [4.78, 5) is 17.1. The first-order chi connectivity index (χ1) is 16.9. The van der Waals surface area contributed by atoms with E-state index < -0.39 is 25.5 Å². The van der Waals surface area contributed by atoms with Gasteiger partial charge in [0.2, 0.25) is 26.0 Å². The smallest absolute Gasteiger partial charge is 0.244 e. The number of anilines is 3. The summed E-state index contributed by atoms with van der Waals surface area (Å²) in [6.45, 7) is 1.98. The number of benzene rings is 3. The van der Waals surface area contributed by atoms with Crippen LogP contribution in [0, 0.1) is 6.92 Å². The molecule has 1 aromatic heterocycles. The van der Waals surface area contributed by atoms with Crippen molar-refractivity contribution >= 4 is 53.9 Å². The maximum absolute atomic E-state index is 13.9. The minimum atomic E-state index is -3.47. The minimum absolute atomic E-state index is 0.273. The summed E-state index contributed by atoms with van der Waals surface area (Å²) < 4.78 is 51.6. The summed E-state index contributed by atoms with van der Waals surface area (Å²) in [6, 6.07) is 17.2. The van der Waals surface area contributed by atoms with Crippen molar-refractivity contribution in [2.24, 2.45) is 0 Å². The van der Waals surface area contributed by atoms with Gasteiger partial charge in [-0.3, -0.25) is 14.2 Å². The predicted molar refractivity (Wildman–Crippen MR) is 141 cm³/mol. The summed E-state index contributed by atoms with van der Waals surface area (Å²) in [7, 11) is -6.93. The van der Waals surface area contributed by atoms with Crippen molar-refractivity contribution in [1.29, 1.82) is 0 Å². The van der Waals surface area contributed by atoms with E-state index in [1.807, 2.05) is 25.3 Å². The van der Waals surface area contributed by atoms with Crippen LogP contribution in [0.3, 0.4) is 0 Å². The van der Waals surface area contributed by atoms with Crippen LogP contribution in [0.2, 0.25) is 0 Å². The quantitative estimate of drug-likeness (QED) is 0.306. The van der Waals surface area contributed by atoms with Crippen LogP contribution in [-0.2, 0) is 30.3 Å². The lowest BCUT2D eigenvalue weighted by molar-refractivity contribution is -0.118. The van der Waals surface area contributed by atoms with Gasteiger partial charge in [-0.25, -0.2) is 16.8 Å². The number of nitrogens with one attached hydrogen (secondary N) is 4. The molecule has 9 nitrogen and oxygen atoms in total. The molecule has 0 unspecified atom stereocenters. The Morgan fingerprint density at radius 3 is 1.72 bits per heavy atom.